The summed E-state index contributed by atoms with van der Waals surface area (Å²) in [5.41, 5.74) is 0. The summed E-state index contributed by atoms with van der Waals surface area (Å²) in [5.74, 6) is 0. The van der Waals surface area contributed by atoms with E-state index in [9.17, 15) is 4.21 Å². The minimum absolute atomic E-state index is 0.0358. The third-order valence-electron chi connectivity index (χ3n) is 1.94. The number of rotatable bonds is 1. The van der Waals surface area contributed by atoms with Crippen molar-refractivity contribution in [3.63, 3.8) is 0 Å². The molecule has 0 aliphatic carbocycles. The topological polar surface area (TPSA) is 20.3 Å². The molecule has 0 aromatic carbocycles. The lowest BCUT2D eigenvalue weighted by molar-refractivity contribution is 0.234. The van der Waals surface area contributed by atoms with Gasteiger partial charge in [-0.15, -0.1) is 0 Å². The van der Waals surface area contributed by atoms with E-state index in [1.165, 1.54) is 0 Å². The van der Waals surface area contributed by atoms with E-state index in [2.05, 4.69) is 11.9 Å². The van der Waals surface area contributed by atoms with Gasteiger partial charge in [0.2, 0.25) is 0 Å². The number of hydrogen-bond acceptors (Lipinski definition) is 2. The number of likely N-dealkylation sites (tertiary alicyclic amines) is 1. The van der Waals surface area contributed by atoms with E-state index in [1.807, 2.05) is 20.8 Å². The van der Waals surface area contributed by atoms with Crippen molar-refractivity contribution in [2.45, 2.75) is 30.8 Å². The second kappa shape index (κ2) is 2.87. The molecule has 11 heavy (non-hydrogen) atoms. The molecular weight excluding hydrogens is 158 g/mol. The quantitative estimate of drug-likeness (QED) is 0.589. The highest BCUT2D eigenvalue weighted by molar-refractivity contribution is 7.87. The van der Waals surface area contributed by atoms with Crippen LogP contribution in [0.15, 0.2) is 0 Å². The Kier molecular flexibility index (Phi) is 2.40. The molecule has 1 fully saturated rings. The normalized spacial score (nSPS) is 24.7. The van der Waals surface area contributed by atoms with Gasteiger partial charge in [-0.3, -0.25) is 4.21 Å². The molecule has 0 aromatic heterocycles. The standard InChI is InChI=1S/C8H17NOS/c1-8(2,3)11(10)7-5-9(4)6-7/h7H,5-6H2,1-4H3. The molecule has 0 spiro atoms. The fourth-order valence-corrected chi connectivity index (χ4v) is 3.06. The maximum Gasteiger partial charge on any atom is 0.0607 e. The molecule has 0 bridgehead atoms. The smallest absolute Gasteiger partial charge is 0.0607 e. The zero-order chi connectivity index (χ0) is 8.65. The minimum Gasteiger partial charge on any atom is -0.304 e. The van der Waals surface area contributed by atoms with Gasteiger partial charge in [-0.1, -0.05) is 0 Å². The van der Waals surface area contributed by atoms with Gasteiger partial charge in [-0.05, 0) is 27.8 Å². The fourth-order valence-electron chi connectivity index (χ4n) is 1.28. The third kappa shape index (κ3) is 2.03. The molecule has 1 saturated heterocycles. The van der Waals surface area contributed by atoms with Gasteiger partial charge in [-0.2, -0.15) is 0 Å². The SMILES string of the molecule is CN1CC(S(=O)C(C)(C)C)C1. The highest BCUT2D eigenvalue weighted by atomic mass is 32.2. The highest BCUT2D eigenvalue weighted by Crippen LogP contribution is 2.21. The first kappa shape index (κ1) is 9.20. The van der Waals surface area contributed by atoms with Crippen LogP contribution in [0.5, 0.6) is 0 Å². The van der Waals surface area contributed by atoms with Crippen LogP contribution in [0.3, 0.4) is 0 Å². The molecule has 0 saturated carbocycles. The van der Waals surface area contributed by atoms with Gasteiger partial charge in [0, 0.05) is 28.6 Å². The molecule has 1 rings (SSSR count). The molecule has 1 atom stereocenters. The minimum atomic E-state index is -0.658. The van der Waals surface area contributed by atoms with Crippen molar-refractivity contribution in [1.29, 1.82) is 0 Å². The molecule has 0 aromatic rings. The molecule has 0 N–H and O–H groups in total. The highest BCUT2D eigenvalue weighted by Gasteiger charge is 2.34. The van der Waals surface area contributed by atoms with Crippen molar-refractivity contribution >= 4 is 10.8 Å². The van der Waals surface area contributed by atoms with E-state index in [4.69, 9.17) is 0 Å². The summed E-state index contributed by atoms with van der Waals surface area (Å²) in [6.45, 7) is 8.14. The zero-order valence-corrected chi connectivity index (χ0v) is 8.57. The molecule has 0 amide bonds. The first-order valence-corrected chi connectivity index (χ1v) is 5.22. The van der Waals surface area contributed by atoms with Crippen LogP contribution in [-0.4, -0.2) is 39.2 Å². The van der Waals surface area contributed by atoms with E-state index in [1.54, 1.807) is 0 Å². The van der Waals surface area contributed by atoms with Crippen LogP contribution in [0, 0.1) is 0 Å². The molecule has 1 heterocycles. The summed E-state index contributed by atoms with van der Waals surface area (Å²) in [6.07, 6.45) is 0. The lowest BCUT2D eigenvalue weighted by Crippen LogP contribution is -2.53. The van der Waals surface area contributed by atoms with Crippen molar-refractivity contribution in [2.75, 3.05) is 20.1 Å². The predicted molar refractivity (Wildman–Crippen MR) is 49.2 cm³/mol. The average molecular weight is 175 g/mol. The van der Waals surface area contributed by atoms with Crippen molar-refractivity contribution in [3.8, 4) is 0 Å². The van der Waals surface area contributed by atoms with Gasteiger partial charge >= 0.3 is 0 Å². The van der Waals surface area contributed by atoms with Crippen molar-refractivity contribution in [2.24, 2.45) is 0 Å². The largest absolute Gasteiger partial charge is 0.304 e. The zero-order valence-electron chi connectivity index (χ0n) is 7.76. The molecule has 3 heteroatoms. The fraction of sp³-hybridized carbons (Fsp3) is 1.00. The summed E-state index contributed by atoms with van der Waals surface area (Å²) in [6, 6.07) is 0. The summed E-state index contributed by atoms with van der Waals surface area (Å²) < 4.78 is 11.6. The van der Waals surface area contributed by atoms with Crippen LogP contribution < -0.4 is 0 Å². The first-order valence-electron chi connectivity index (χ1n) is 4.00. The number of nitrogens with zero attached hydrogens (tertiary/aromatic N) is 1. The van der Waals surface area contributed by atoms with Crippen molar-refractivity contribution in [1.82, 2.24) is 4.90 Å². The van der Waals surface area contributed by atoms with Crippen LogP contribution in [0.1, 0.15) is 20.8 Å². The van der Waals surface area contributed by atoms with Gasteiger partial charge < -0.3 is 4.90 Å². The molecule has 0 radical (unpaired) electrons. The molecular formula is C8H17NOS. The lowest BCUT2D eigenvalue weighted by atomic mass is 10.2. The number of hydrogen-bond donors (Lipinski definition) is 0. The van der Waals surface area contributed by atoms with Gasteiger partial charge in [0.1, 0.15) is 0 Å². The third-order valence-corrected chi connectivity index (χ3v) is 4.05. The van der Waals surface area contributed by atoms with Crippen molar-refractivity contribution in [3.05, 3.63) is 0 Å². The maximum absolute atomic E-state index is 11.7. The Morgan fingerprint density at radius 3 is 2.09 bits per heavy atom. The van der Waals surface area contributed by atoms with E-state index < -0.39 is 10.8 Å². The van der Waals surface area contributed by atoms with E-state index >= 15 is 0 Å². The monoisotopic (exact) mass is 175 g/mol. The van der Waals surface area contributed by atoms with E-state index in [-0.39, 0.29) is 4.75 Å². The average Bonchev–Trinajstić information content (AvgIpc) is 1.77. The summed E-state index contributed by atoms with van der Waals surface area (Å²) in [7, 11) is 1.41. The Hall–Kier alpha value is 0.110. The Balaban J connectivity index is 2.45. The predicted octanol–water partition coefficient (Wildman–Crippen LogP) is 0.848. The van der Waals surface area contributed by atoms with E-state index in [0.717, 1.165) is 13.1 Å². The first-order chi connectivity index (χ1) is 4.91. The maximum atomic E-state index is 11.7. The Morgan fingerprint density at radius 2 is 1.82 bits per heavy atom. The summed E-state index contributed by atoms with van der Waals surface area (Å²) >= 11 is 0. The summed E-state index contributed by atoms with van der Waals surface area (Å²) in [4.78, 5) is 2.20. The Labute approximate surface area is 71.4 Å². The second-order valence-electron chi connectivity index (χ2n) is 4.25. The molecule has 2 nitrogen and oxygen atoms in total. The summed E-state index contributed by atoms with van der Waals surface area (Å²) in [5, 5.41) is 0.417. The van der Waals surface area contributed by atoms with E-state index in [0.29, 0.717) is 5.25 Å². The molecule has 1 aliphatic heterocycles. The van der Waals surface area contributed by atoms with Gasteiger partial charge in [-0.25, -0.2) is 0 Å². The Bertz CT molecular complexity index is 167. The van der Waals surface area contributed by atoms with Gasteiger partial charge in [0.25, 0.3) is 0 Å². The van der Waals surface area contributed by atoms with Gasteiger partial charge in [0.15, 0.2) is 0 Å². The van der Waals surface area contributed by atoms with Crippen LogP contribution in [0.4, 0.5) is 0 Å². The van der Waals surface area contributed by atoms with Crippen LogP contribution in [0.25, 0.3) is 0 Å². The van der Waals surface area contributed by atoms with Crippen LogP contribution in [-0.2, 0) is 10.8 Å². The molecule has 66 valence electrons. The Morgan fingerprint density at radius 1 is 1.36 bits per heavy atom. The van der Waals surface area contributed by atoms with Crippen LogP contribution >= 0.6 is 0 Å². The van der Waals surface area contributed by atoms with Crippen molar-refractivity contribution < 1.29 is 4.21 Å². The lowest BCUT2D eigenvalue weighted by Gasteiger charge is -2.38. The second-order valence-corrected chi connectivity index (χ2v) is 6.74. The van der Waals surface area contributed by atoms with Crippen LogP contribution in [0.2, 0.25) is 0 Å². The molecule has 1 unspecified atom stereocenters. The molecule has 1 aliphatic rings. The van der Waals surface area contributed by atoms with Gasteiger partial charge in [0.05, 0.1) is 5.25 Å².